The SMILES string of the molecule is CCCOc1cc(COc2cc(COc3cc(C)cc(OCc4cc(OCc5cc(OCC)cc(OCC)c5)cc(OCc5cc(OCC)cc(OCC)c5)c4)c3)cc(OCc3cc(OCC)cc(OCC)c3)c2)cc(OCC)c1. The minimum atomic E-state index is 0.207. The molecule has 0 spiro atoms. The number of hydrogen-bond donors (Lipinski definition) is 0. The topological polar surface area (TPSA) is 129 Å². The number of rotatable bonds is 35. The molecular formula is C66H78O14. The van der Waals surface area contributed by atoms with Crippen molar-refractivity contribution in [3.63, 3.8) is 0 Å². The highest BCUT2D eigenvalue weighted by atomic mass is 16.5. The number of ether oxygens (including phenoxy) is 14. The molecule has 14 nitrogen and oxygen atoms in total. The van der Waals surface area contributed by atoms with Crippen molar-refractivity contribution in [1.29, 1.82) is 0 Å². The predicted molar refractivity (Wildman–Crippen MR) is 310 cm³/mol. The standard InChI is InChI=1S/C66H78O14/c1-10-18-74-62-28-50(27-61(37-62)73-17-8)45-80-66-32-52(31-65(39-66)79-44-49-25-59(71-15-6)36-60(26-49)72-16-7)41-76-54-20-46(9)19-53(33-54)75-40-51-29-63(77-42-47-21-55(67-11-2)34-56(22-47)68-12-3)38-64(30-51)78-43-48-23-57(69-13-4)35-58(24-48)70-14-5/h19-39H,10-18,40-45H2,1-9H3. The molecule has 7 rings (SSSR count). The Morgan fingerprint density at radius 1 is 0.200 bits per heavy atom. The zero-order valence-electron chi connectivity index (χ0n) is 47.9. The van der Waals surface area contributed by atoms with Gasteiger partial charge in [-0.15, -0.1) is 0 Å². The van der Waals surface area contributed by atoms with Gasteiger partial charge in [-0.2, -0.15) is 0 Å². The first-order valence-electron chi connectivity index (χ1n) is 27.8. The Labute approximate surface area is 472 Å². The van der Waals surface area contributed by atoms with Gasteiger partial charge in [-0.05, 0) is 186 Å². The smallest absolute Gasteiger partial charge is 0.123 e. The van der Waals surface area contributed by atoms with Crippen LogP contribution in [-0.2, 0) is 39.6 Å². The maximum Gasteiger partial charge on any atom is 0.123 e. The third kappa shape index (κ3) is 19.3. The van der Waals surface area contributed by atoms with Gasteiger partial charge < -0.3 is 66.3 Å². The van der Waals surface area contributed by atoms with Crippen LogP contribution in [0.4, 0.5) is 0 Å². The molecule has 0 aliphatic rings. The largest absolute Gasteiger partial charge is 0.494 e. The van der Waals surface area contributed by atoms with Crippen LogP contribution in [0.3, 0.4) is 0 Å². The minimum absolute atomic E-state index is 0.207. The predicted octanol–water partition coefficient (Wildman–Crippen LogP) is 15.0. The molecule has 0 saturated heterocycles. The lowest BCUT2D eigenvalue weighted by molar-refractivity contribution is 0.274. The molecule has 0 saturated carbocycles. The summed E-state index contributed by atoms with van der Waals surface area (Å²) in [6.45, 7) is 23.5. The number of benzene rings is 7. The van der Waals surface area contributed by atoms with Gasteiger partial charge in [0.15, 0.2) is 0 Å². The number of hydrogen-bond acceptors (Lipinski definition) is 14. The van der Waals surface area contributed by atoms with Gasteiger partial charge in [-0.3, -0.25) is 0 Å². The molecule has 7 aromatic rings. The van der Waals surface area contributed by atoms with Crippen molar-refractivity contribution >= 4 is 0 Å². The highest BCUT2D eigenvalue weighted by molar-refractivity contribution is 5.45. The van der Waals surface area contributed by atoms with Gasteiger partial charge in [0.05, 0.1) is 52.9 Å². The Hall–Kier alpha value is -8.26. The molecule has 0 atom stereocenters. The molecule has 0 N–H and O–H groups in total. The molecule has 0 aliphatic carbocycles. The molecule has 7 aromatic carbocycles. The van der Waals surface area contributed by atoms with Crippen molar-refractivity contribution in [3.8, 4) is 80.5 Å². The fraction of sp³-hybridized carbons (Fsp3) is 0.364. The summed E-state index contributed by atoms with van der Waals surface area (Å²) in [5.41, 5.74) is 6.20. The molecule has 80 heavy (non-hydrogen) atoms. The van der Waals surface area contributed by atoms with Crippen molar-refractivity contribution < 1.29 is 66.3 Å². The van der Waals surface area contributed by atoms with Crippen molar-refractivity contribution in [2.75, 3.05) is 52.9 Å². The van der Waals surface area contributed by atoms with E-state index in [9.17, 15) is 0 Å². The summed E-state index contributed by atoms with van der Waals surface area (Å²) in [6.07, 6.45) is 0.886. The van der Waals surface area contributed by atoms with E-state index in [0.717, 1.165) is 56.9 Å². The Morgan fingerprint density at radius 2 is 0.362 bits per heavy atom. The zero-order valence-corrected chi connectivity index (χ0v) is 47.9. The third-order valence-electron chi connectivity index (χ3n) is 11.7. The van der Waals surface area contributed by atoms with Gasteiger partial charge in [-0.25, -0.2) is 0 Å². The molecule has 0 amide bonds. The summed E-state index contributed by atoms with van der Waals surface area (Å²) in [6, 6.07) is 40.7. The zero-order chi connectivity index (χ0) is 56.5. The first kappa shape index (κ1) is 59.4. The molecule has 0 heterocycles. The molecule has 426 valence electrons. The molecular weight excluding hydrogens is 1020 g/mol. The fourth-order valence-electron chi connectivity index (χ4n) is 8.55. The van der Waals surface area contributed by atoms with E-state index in [4.69, 9.17) is 66.3 Å². The summed E-state index contributed by atoms with van der Waals surface area (Å²) in [5.74, 6) is 9.36. The molecule has 0 fully saturated rings. The first-order chi connectivity index (χ1) is 39.0. The maximum absolute atomic E-state index is 6.53. The van der Waals surface area contributed by atoms with Gasteiger partial charge in [0.25, 0.3) is 0 Å². The maximum atomic E-state index is 6.53. The van der Waals surface area contributed by atoms with Gasteiger partial charge >= 0.3 is 0 Å². The summed E-state index contributed by atoms with van der Waals surface area (Å²) in [5, 5.41) is 0. The Morgan fingerprint density at radius 3 is 0.537 bits per heavy atom. The van der Waals surface area contributed by atoms with Crippen LogP contribution in [0.5, 0.6) is 80.5 Å². The van der Waals surface area contributed by atoms with E-state index in [1.807, 2.05) is 183 Å². The van der Waals surface area contributed by atoms with Crippen molar-refractivity contribution in [2.24, 2.45) is 0 Å². The lowest BCUT2D eigenvalue weighted by atomic mass is 10.2. The quantitative estimate of drug-likeness (QED) is 0.0374. The second-order valence-corrected chi connectivity index (χ2v) is 18.5. The van der Waals surface area contributed by atoms with E-state index in [0.29, 0.717) is 122 Å². The minimum Gasteiger partial charge on any atom is -0.494 e. The second-order valence-electron chi connectivity index (χ2n) is 18.5. The Balaban J connectivity index is 1.11. The van der Waals surface area contributed by atoms with Crippen LogP contribution in [0.1, 0.15) is 101 Å². The molecule has 0 radical (unpaired) electrons. The Kier molecular flexibility index (Phi) is 23.3. The highest BCUT2D eigenvalue weighted by Crippen LogP contribution is 2.33. The summed E-state index contributed by atoms with van der Waals surface area (Å²) < 4.78 is 85.9. The van der Waals surface area contributed by atoms with Crippen molar-refractivity contribution in [2.45, 2.75) is 108 Å². The van der Waals surface area contributed by atoms with Gasteiger partial charge in [0.1, 0.15) is 120 Å². The van der Waals surface area contributed by atoms with Crippen LogP contribution in [0.15, 0.2) is 127 Å². The van der Waals surface area contributed by atoms with Gasteiger partial charge in [-0.1, -0.05) is 6.92 Å². The second kappa shape index (κ2) is 31.4. The molecule has 0 unspecified atom stereocenters. The monoisotopic (exact) mass is 1090 g/mol. The molecule has 0 aromatic heterocycles. The lowest BCUT2D eigenvalue weighted by Crippen LogP contribution is -2.04. The van der Waals surface area contributed by atoms with Gasteiger partial charge in [0, 0.05) is 42.5 Å². The summed E-state index contributed by atoms with van der Waals surface area (Å²) in [4.78, 5) is 0. The fourth-order valence-corrected chi connectivity index (χ4v) is 8.55. The van der Waals surface area contributed by atoms with E-state index in [1.165, 1.54) is 0 Å². The van der Waals surface area contributed by atoms with E-state index in [1.54, 1.807) is 0 Å². The number of aryl methyl sites for hydroxylation is 1. The van der Waals surface area contributed by atoms with Crippen molar-refractivity contribution in [1.82, 2.24) is 0 Å². The van der Waals surface area contributed by atoms with Gasteiger partial charge in [0.2, 0.25) is 0 Å². The first-order valence-corrected chi connectivity index (χ1v) is 27.8. The average molecular weight is 1100 g/mol. The summed E-state index contributed by atoms with van der Waals surface area (Å²) in [7, 11) is 0. The average Bonchev–Trinajstić information content (AvgIpc) is 3.44. The third-order valence-corrected chi connectivity index (χ3v) is 11.7. The molecule has 0 bridgehead atoms. The van der Waals surface area contributed by atoms with E-state index in [-0.39, 0.29) is 39.6 Å². The van der Waals surface area contributed by atoms with Crippen molar-refractivity contribution in [3.05, 3.63) is 166 Å². The van der Waals surface area contributed by atoms with Crippen LogP contribution >= 0.6 is 0 Å². The van der Waals surface area contributed by atoms with Crippen LogP contribution in [0.25, 0.3) is 0 Å². The highest BCUT2D eigenvalue weighted by Gasteiger charge is 2.14. The molecule has 0 aliphatic heterocycles. The lowest BCUT2D eigenvalue weighted by Gasteiger charge is -2.16. The molecule has 14 heteroatoms. The van der Waals surface area contributed by atoms with E-state index in [2.05, 4.69) is 6.92 Å². The van der Waals surface area contributed by atoms with Crippen LogP contribution in [0, 0.1) is 6.92 Å². The van der Waals surface area contributed by atoms with Crippen LogP contribution < -0.4 is 66.3 Å². The summed E-state index contributed by atoms with van der Waals surface area (Å²) >= 11 is 0. The van der Waals surface area contributed by atoms with E-state index >= 15 is 0 Å². The normalized spacial score (nSPS) is 10.8. The van der Waals surface area contributed by atoms with Crippen LogP contribution in [-0.4, -0.2) is 52.9 Å². The Bertz CT molecular complexity index is 2870. The van der Waals surface area contributed by atoms with Crippen LogP contribution in [0.2, 0.25) is 0 Å². The van der Waals surface area contributed by atoms with E-state index < -0.39 is 0 Å².